The van der Waals surface area contributed by atoms with Gasteiger partial charge in [-0.25, -0.2) is 0 Å². The largest absolute Gasteiger partial charge is 0.317 e. The smallest absolute Gasteiger partial charge is 0.0522 e. The van der Waals surface area contributed by atoms with Crippen molar-refractivity contribution in [2.75, 3.05) is 13.1 Å². The standard InChI is InChI=1S/C8H13N3/c1-3-9-4-2-7(1)8-5-10-11-6-8/h5-7,9H,1-4H2,(H,10,11). The lowest BCUT2D eigenvalue weighted by molar-refractivity contribution is 0.460. The lowest BCUT2D eigenvalue weighted by Crippen LogP contribution is -2.26. The van der Waals surface area contributed by atoms with Crippen molar-refractivity contribution in [2.45, 2.75) is 18.8 Å². The normalized spacial score (nSPS) is 20.4. The van der Waals surface area contributed by atoms with Crippen LogP contribution in [0.4, 0.5) is 0 Å². The molecule has 3 heteroatoms. The first-order valence-electron chi connectivity index (χ1n) is 4.16. The van der Waals surface area contributed by atoms with Crippen LogP contribution in [0.1, 0.15) is 24.3 Å². The third-order valence-corrected chi connectivity index (χ3v) is 2.33. The van der Waals surface area contributed by atoms with Crippen LogP contribution >= 0.6 is 0 Å². The molecule has 1 aliphatic heterocycles. The molecule has 0 amide bonds. The number of nitrogens with one attached hydrogen (secondary N) is 2. The van der Waals surface area contributed by atoms with Gasteiger partial charge in [0.2, 0.25) is 0 Å². The van der Waals surface area contributed by atoms with Gasteiger partial charge in [0.15, 0.2) is 0 Å². The van der Waals surface area contributed by atoms with Gasteiger partial charge in [-0.1, -0.05) is 0 Å². The van der Waals surface area contributed by atoms with E-state index in [0.29, 0.717) is 0 Å². The molecule has 0 aromatic carbocycles. The Labute approximate surface area is 66.2 Å². The number of hydrogen-bond acceptors (Lipinski definition) is 2. The van der Waals surface area contributed by atoms with Crippen LogP contribution in [-0.4, -0.2) is 23.3 Å². The quantitative estimate of drug-likeness (QED) is 0.625. The maximum Gasteiger partial charge on any atom is 0.0522 e. The summed E-state index contributed by atoms with van der Waals surface area (Å²) in [6, 6.07) is 0. The summed E-state index contributed by atoms with van der Waals surface area (Å²) in [4.78, 5) is 0. The van der Waals surface area contributed by atoms with Crippen molar-refractivity contribution in [2.24, 2.45) is 0 Å². The van der Waals surface area contributed by atoms with Crippen molar-refractivity contribution in [1.29, 1.82) is 0 Å². The Morgan fingerprint density at radius 2 is 2.18 bits per heavy atom. The van der Waals surface area contributed by atoms with E-state index < -0.39 is 0 Å². The molecule has 0 radical (unpaired) electrons. The van der Waals surface area contributed by atoms with Crippen molar-refractivity contribution < 1.29 is 0 Å². The third-order valence-electron chi connectivity index (χ3n) is 2.33. The molecule has 0 aliphatic carbocycles. The van der Waals surface area contributed by atoms with Gasteiger partial charge < -0.3 is 5.32 Å². The first-order chi connectivity index (χ1) is 5.47. The van der Waals surface area contributed by atoms with E-state index in [1.54, 1.807) is 0 Å². The maximum absolute atomic E-state index is 3.95. The molecule has 3 nitrogen and oxygen atoms in total. The van der Waals surface area contributed by atoms with Crippen molar-refractivity contribution in [3.8, 4) is 0 Å². The van der Waals surface area contributed by atoms with E-state index in [2.05, 4.69) is 15.5 Å². The summed E-state index contributed by atoms with van der Waals surface area (Å²) in [7, 11) is 0. The summed E-state index contributed by atoms with van der Waals surface area (Å²) < 4.78 is 0. The summed E-state index contributed by atoms with van der Waals surface area (Å²) in [6.07, 6.45) is 6.45. The Morgan fingerprint density at radius 1 is 1.36 bits per heavy atom. The number of piperidine rings is 1. The van der Waals surface area contributed by atoms with E-state index in [1.807, 2.05) is 12.4 Å². The van der Waals surface area contributed by atoms with Crippen molar-refractivity contribution in [1.82, 2.24) is 15.5 Å². The first kappa shape index (κ1) is 6.85. The number of aromatic amines is 1. The van der Waals surface area contributed by atoms with E-state index >= 15 is 0 Å². The molecule has 2 N–H and O–H groups in total. The fourth-order valence-electron chi connectivity index (χ4n) is 1.64. The zero-order chi connectivity index (χ0) is 7.52. The van der Waals surface area contributed by atoms with Gasteiger partial charge in [0, 0.05) is 6.20 Å². The van der Waals surface area contributed by atoms with Gasteiger partial charge in [0.1, 0.15) is 0 Å². The predicted octanol–water partition coefficient (Wildman–Crippen LogP) is 0.877. The molecular weight excluding hydrogens is 138 g/mol. The van der Waals surface area contributed by atoms with Gasteiger partial charge in [-0.2, -0.15) is 5.10 Å². The number of nitrogens with zero attached hydrogens (tertiary/aromatic N) is 1. The second-order valence-electron chi connectivity index (χ2n) is 3.06. The Balaban J connectivity index is 2.04. The second kappa shape index (κ2) is 3.05. The van der Waals surface area contributed by atoms with E-state index in [9.17, 15) is 0 Å². The molecule has 1 aliphatic rings. The molecule has 0 spiro atoms. The minimum atomic E-state index is 0.731. The highest BCUT2D eigenvalue weighted by molar-refractivity contribution is 5.11. The molecule has 1 aromatic rings. The van der Waals surface area contributed by atoms with Crippen LogP contribution in [0.2, 0.25) is 0 Å². The molecule has 0 bridgehead atoms. The zero-order valence-corrected chi connectivity index (χ0v) is 6.51. The van der Waals surface area contributed by atoms with Crippen LogP contribution in [0.25, 0.3) is 0 Å². The van der Waals surface area contributed by atoms with E-state index in [1.165, 1.54) is 18.4 Å². The molecule has 0 unspecified atom stereocenters. The fraction of sp³-hybridized carbons (Fsp3) is 0.625. The monoisotopic (exact) mass is 151 g/mol. The van der Waals surface area contributed by atoms with Gasteiger partial charge in [0.25, 0.3) is 0 Å². The zero-order valence-electron chi connectivity index (χ0n) is 6.51. The minimum Gasteiger partial charge on any atom is -0.317 e. The van der Waals surface area contributed by atoms with Gasteiger partial charge in [-0.05, 0) is 37.4 Å². The van der Waals surface area contributed by atoms with Crippen molar-refractivity contribution in [3.05, 3.63) is 18.0 Å². The Morgan fingerprint density at radius 3 is 2.82 bits per heavy atom. The molecule has 1 fully saturated rings. The first-order valence-corrected chi connectivity index (χ1v) is 4.16. The molecule has 60 valence electrons. The van der Waals surface area contributed by atoms with Crippen LogP contribution in [-0.2, 0) is 0 Å². The number of hydrogen-bond donors (Lipinski definition) is 2. The highest BCUT2D eigenvalue weighted by Crippen LogP contribution is 2.23. The maximum atomic E-state index is 3.95. The minimum absolute atomic E-state index is 0.731. The summed E-state index contributed by atoms with van der Waals surface area (Å²) >= 11 is 0. The van der Waals surface area contributed by atoms with Gasteiger partial charge in [0.05, 0.1) is 6.20 Å². The van der Waals surface area contributed by atoms with E-state index in [4.69, 9.17) is 0 Å². The second-order valence-corrected chi connectivity index (χ2v) is 3.06. The fourth-order valence-corrected chi connectivity index (χ4v) is 1.64. The lowest BCUT2D eigenvalue weighted by atomic mass is 9.93. The summed E-state index contributed by atoms with van der Waals surface area (Å²) in [5, 5.41) is 10.2. The summed E-state index contributed by atoms with van der Waals surface area (Å²) in [5.74, 6) is 0.731. The third kappa shape index (κ3) is 1.43. The highest BCUT2D eigenvalue weighted by atomic mass is 15.1. The average molecular weight is 151 g/mol. The molecule has 1 aromatic heterocycles. The van der Waals surface area contributed by atoms with Crippen LogP contribution in [0, 0.1) is 0 Å². The van der Waals surface area contributed by atoms with E-state index in [0.717, 1.165) is 19.0 Å². The Kier molecular flexibility index (Phi) is 1.90. The highest BCUT2D eigenvalue weighted by Gasteiger charge is 2.14. The molecule has 2 rings (SSSR count). The number of H-pyrrole nitrogens is 1. The Bertz CT molecular complexity index is 199. The topological polar surface area (TPSA) is 40.7 Å². The van der Waals surface area contributed by atoms with Crippen LogP contribution in [0.15, 0.2) is 12.4 Å². The predicted molar refractivity (Wildman–Crippen MR) is 43.4 cm³/mol. The number of aromatic nitrogens is 2. The lowest BCUT2D eigenvalue weighted by Gasteiger charge is -2.20. The number of rotatable bonds is 1. The summed E-state index contributed by atoms with van der Waals surface area (Å²) in [6.45, 7) is 2.30. The van der Waals surface area contributed by atoms with E-state index in [-0.39, 0.29) is 0 Å². The van der Waals surface area contributed by atoms with Crippen LogP contribution in [0.5, 0.6) is 0 Å². The van der Waals surface area contributed by atoms with Crippen molar-refractivity contribution >= 4 is 0 Å². The van der Waals surface area contributed by atoms with Gasteiger partial charge in [-0.15, -0.1) is 0 Å². The molecular formula is C8H13N3. The summed E-state index contributed by atoms with van der Waals surface area (Å²) in [5.41, 5.74) is 1.37. The van der Waals surface area contributed by atoms with Crippen LogP contribution < -0.4 is 5.32 Å². The molecule has 11 heavy (non-hydrogen) atoms. The SMILES string of the molecule is c1n[nH]cc1C1CCNCC1. The van der Waals surface area contributed by atoms with Gasteiger partial charge >= 0.3 is 0 Å². The Hall–Kier alpha value is -0.830. The molecule has 2 heterocycles. The average Bonchev–Trinajstić information content (AvgIpc) is 2.58. The molecule has 0 saturated carbocycles. The van der Waals surface area contributed by atoms with Gasteiger partial charge in [-0.3, -0.25) is 5.10 Å². The molecule has 1 saturated heterocycles. The molecule has 0 atom stereocenters. The van der Waals surface area contributed by atoms with Crippen LogP contribution in [0.3, 0.4) is 0 Å². The van der Waals surface area contributed by atoms with Crippen molar-refractivity contribution in [3.63, 3.8) is 0 Å².